The molecular weight excluding hydrogens is 290 g/mol. The zero-order valence-electron chi connectivity index (χ0n) is 10.3. The maximum absolute atomic E-state index is 11.3. The van der Waals surface area contributed by atoms with E-state index in [0.29, 0.717) is 11.8 Å². The summed E-state index contributed by atoms with van der Waals surface area (Å²) in [6, 6.07) is 4.01. The minimum Gasteiger partial charge on any atom is -0.383 e. The molecule has 0 aliphatic heterocycles. The predicted octanol–water partition coefficient (Wildman–Crippen LogP) is 3.49. The Balaban J connectivity index is 1.76. The molecule has 4 bridgehead atoms. The van der Waals surface area contributed by atoms with E-state index in [0.717, 1.165) is 22.0 Å². The molecule has 1 aromatic heterocycles. The van der Waals surface area contributed by atoms with Gasteiger partial charge < -0.3 is 5.11 Å². The largest absolute Gasteiger partial charge is 0.383 e. The molecule has 0 saturated heterocycles. The zero-order valence-corrected chi connectivity index (χ0v) is 11.9. The molecule has 0 unspecified atom stereocenters. The van der Waals surface area contributed by atoms with Crippen LogP contribution in [0.1, 0.15) is 37.8 Å². The number of hydrogen-bond acceptors (Lipinski definition) is 2. The Kier molecular flexibility index (Phi) is 2.41. The molecule has 4 aliphatic rings. The van der Waals surface area contributed by atoms with E-state index in [9.17, 15) is 5.11 Å². The fourth-order valence-corrected chi connectivity index (χ4v) is 5.17. The van der Waals surface area contributed by atoms with Crippen LogP contribution in [0.5, 0.6) is 0 Å². The summed E-state index contributed by atoms with van der Waals surface area (Å²) < 4.78 is 0.985. The van der Waals surface area contributed by atoms with Crippen molar-refractivity contribution in [3.05, 3.63) is 28.5 Å². The molecule has 4 fully saturated rings. The number of nitrogens with zero attached hydrogens (tertiary/aromatic N) is 1. The van der Waals surface area contributed by atoms with E-state index in [2.05, 4.69) is 20.9 Å². The number of pyridine rings is 1. The van der Waals surface area contributed by atoms with Gasteiger partial charge in [-0.25, -0.2) is 0 Å². The zero-order chi connectivity index (χ0) is 12.3. The third-order valence-corrected chi connectivity index (χ3v) is 5.99. The molecule has 0 aromatic carbocycles. The second kappa shape index (κ2) is 3.80. The minimum atomic E-state index is -0.645. The average molecular weight is 308 g/mol. The highest BCUT2D eigenvalue weighted by molar-refractivity contribution is 9.10. The standard InChI is InChI=1S/C15H18BrNO/c16-13-1-2-14(17-8-13)15(18)11-4-9-3-10(6-11)7-12(15)5-9/h1-2,8-12,18H,3-7H2. The van der Waals surface area contributed by atoms with Gasteiger partial charge in [0.05, 0.1) is 5.69 Å². The van der Waals surface area contributed by atoms with Gasteiger partial charge in [-0.1, -0.05) is 0 Å². The van der Waals surface area contributed by atoms with Crippen molar-refractivity contribution < 1.29 is 5.11 Å². The number of aliphatic hydroxyl groups is 1. The van der Waals surface area contributed by atoms with Gasteiger partial charge in [0.1, 0.15) is 5.60 Å². The van der Waals surface area contributed by atoms with Gasteiger partial charge in [0.25, 0.3) is 0 Å². The molecule has 2 nitrogen and oxygen atoms in total. The lowest BCUT2D eigenvalue weighted by Gasteiger charge is -2.58. The van der Waals surface area contributed by atoms with Crippen molar-refractivity contribution in [2.75, 3.05) is 0 Å². The van der Waals surface area contributed by atoms with E-state index in [1.54, 1.807) is 0 Å². The van der Waals surface area contributed by atoms with E-state index in [1.807, 2.05) is 18.3 Å². The van der Waals surface area contributed by atoms with Crippen LogP contribution in [0, 0.1) is 23.7 Å². The summed E-state index contributed by atoms with van der Waals surface area (Å²) in [7, 11) is 0. The lowest BCUT2D eigenvalue weighted by atomic mass is 9.49. The SMILES string of the molecule is OC1(c2ccc(Br)cn2)C2CC3CC(C2)CC1C3. The van der Waals surface area contributed by atoms with Crippen LogP contribution in [0.3, 0.4) is 0 Å². The number of halogens is 1. The molecule has 4 saturated carbocycles. The van der Waals surface area contributed by atoms with E-state index in [-0.39, 0.29) is 0 Å². The lowest BCUT2D eigenvalue weighted by molar-refractivity contribution is -0.181. The van der Waals surface area contributed by atoms with E-state index in [4.69, 9.17) is 0 Å². The molecule has 1 N–H and O–H groups in total. The van der Waals surface area contributed by atoms with Crippen molar-refractivity contribution in [2.24, 2.45) is 23.7 Å². The molecule has 96 valence electrons. The monoisotopic (exact) mass is 307 g/mol. The Morgan fingerprint density at radius 3 is 2.17 bits per heavy atom. The third-order valence-electron chi connectivity index (χ3n) is 5.52. The Hall–Kier alpha value is -0.410. The quantitative estimate of drug-likeness (QED) is 0.861. The van der Waals surface area contributed by atoms with Crippen molar-refractivity contribution in [1.29, 1.82) is 0 Å². The normalized spacial score (nSPS) is 45.4. The van der Waals surface area contributed by atoms with E-state index in [1.165, 1.54) is 32.1 Å². The topological polar surface area (TPSA) is 33.1 Å². The molecule has 1 aromatic rings. The first-order valence-corrected chi connectivity index (χ1v) is 7.80. The lowest BCUT2D eigenvalue weighted by Crippen LogP contribution is -2.55. The maximum atomic E-state index is 11.3. The van der Waals surface area contributed by atoms with Gasteiger partial charge in [-0.15, -0.1) is 0 Å². The summed E-state index contributed by atoms with van der Waals surface area (Å²) in [5.41, 5.74) is 0.258. The molecule has 0 radical (unpaired) electrons. The first kappa shape index (κ1) is 11.4. The smallest absolute Gasteiger partial charge is 0.112 e. The van der Waals surface area contributed by atoms with Gasteiger partial charge in [0.2, 0.25) is 0 Å². The molecule has 18 heavy (non-hydrogen) atoms. The van der Waals surface area contributed by atoms with E-state index < -0.39 is 5.60 Å². The summed E-state index contributed by atoms with van der Waals surface area (Å²) in [6.45, 7) is 0. The van der Waals surface area contributed by atoms with Gasteiger partial charge in [-0.05, 0) is 83.8 Å². The summed E-state index contributed by atoms with van der Waals surface area (Å²) in [6.07, 6.45) is 8.07. The van der Waals surface area contributed by atoms with Crippen LogP contribution in [0.4, 0.5) is 0 Å². The number of hydrogen-bond donors (Lipinski definition) is 1. The molecule has 1 heterocycles. The summed E-state index contributed by atoms with van der Waals surface area (Å²) >= 11 is 3.42. The van der Waals surface area contributed by atoms with Crippen LogP contribution in [0.2, 0.25) is 0 Å². The van der Waals surface area contributed by atoms with E-state index >= 15 is 0 Å². The second-order valence-electron chi connectivity index (χ2n) is 6.49. The Labute approximate surface area is 116 Å². The maximum Gasteiger partial charge on any atom is 0.112 e. The van der Waals surface area contributed by atoms with Crippen LogP contribution >= 0.6 is 15.9 Å². The minimum absolute atomic E-state index is 0.447. The van der Waals surface area contributed by atoms with Crippen molar-refractivity contribution in [1.82, 2.24) is 4.98 Å². The Morgan fingerprint density at radius 1 is 1.06 bits per heavy atom. The number of rotatable bonds is 1. The average Bonchev–Trinajstić information content (AvgIpc) is 2.35. The van der Waals surface area contributed by atoms with Crippen LogP contribution in [0.25, 0.3) is 0 Å². The predicted molar refractivity (Wildman–Crippen MR) is 72.9 cm³/mol. The summed E-state index contributed by atoms with van der Waals surface area (Å²) in [5, 5.41) is 11.3. The molecule has 0 amide bonds. The first-order chi connectivity index (χ1) is 8.66. The summed E-state index contributed by atoms with van der Waals surface area (Å²) in [5.74, 6) is 2.65. The van der Waals surface area contributed by atoms with Crippen molar-refractivity contribution in [2.45, 2.75) is 37.7 Å². The van der Waals surface area contributed by atoms with Crippen molar-refractivity contribution in [3.8, 4) is 0 Å². The second-order valence-corrected chi connectivity index (χ2v) is 7.41. The van der Waals surface area contributed by atoms with Crippen LogP contribution in [-0.2, 0) is 5.60 Å². The molecule has 3 heteroatoms. The highest BCUT2D eigenvalue weighted by Crippen LogP contribution is 2.61. The van der Waals surface area contributed by atoms with Crippen molar-refractivity contribution >= 4 is 15.9 Å². The fraction of sp³-hybridized carbons (Fsp3) is 0.667. The van der Waals surface area contributed by atoms with Gasteiger partial charge in [-0.3, -0.25) is 4.98 Å². The van der Waals surface area contributed by atoms with Crippen LogP contribution in [-0.4, -0.2) is 10.1 Å². The van der Waals surface area contributed by atoms with Gasteiger partial charge in [-0.2, -0.15) is 0 Å². The van der Waals surface area contributed by atoms with Gasteiger partial charge in [0, 0.05) is 10.7 Å². The first-order valence-electron chi connectivity index (χ1n) is 7.00. The van der Waals surface area contributed by atoms with Crippen LogP contribution in [0.15, 0.2) is 22.8 Å². The molecular formula is C15H18BrNO. The molecule has 0 spiro atoms. The van der Waals surface area contributed by atoms with Crippen molar-refractivity contribution in [3.63, 3.8) is 0 Å². The van der Waals surface area contributed by atoms with Gasteiger partial charge >= 0.3 is 0 Å². The third kappa shape index (κ3) is 1.47. The fourth-order valence-electron chi connectivity index (χ4n) is 4.93. The number of aromatic nitrogens is 1. The molecule has 5 rings (SSSR count). The summed E-state index contributed by atoms with van der Waals surface area (Å²) in [4.78, 5) is 4.50. The Bertz CT molecular complexity index is 442. The van der Waals surface area contributed by atoms with Crippen LogP contribution < -0.4 is 0 Å². The highest BCUT2D eigenvalue weighted by Gasteiger charge is 2.57. The van der Waals surface area contributed by atoms with Gasteiger partial charge in [0.15, 0.2) is 0 Å². The molecule has 0 atom stereocenters. The molecule has 4 aliphatic carbocycles. The Morgan fingerprint density at radius 2 is 1.67 bits per heavy atom. The highest BCUT2D eigenvalue weighted by atomic mass is 79.9.